The number of unbranched alkanes of at least 4 members (excludes halogenated alkanes) is 7. The number of aryl methyl sites for hydroxylation is 1. The Kier molecular flexibility index (Phi) is 15.5. The number of alkyl carbamates (subject to hydrolysis) is 1. The Balaban J connectivity index is 1.39. The fourth-order valence-corrected chi connectivity index (χ4v) is 6.57. The van der Waals surface area contributed by atoms with Crippen LogP contribution in [0.5, 0.6) is 5.75 Å². The summed E-state index contributed by atoms with van der Waals surface area (Å²) in [6.07, 6.45) is 6.97. The van der Waals surface area contributed by atoms with Crippen molar-refractivity contribution in [1.82, 2.24) is 26.0 Å². The lowest BCUT2D eigenvalue weighted by molar-refractivity contribution is -0.145. The Hall–Kier alpha value is -3.71. The van der Waals surface area contributed by atoms with Crippen LogP contribution in [0, 0.1) is 12.3 Å². The SMILES string of the molecule is Cc1ncsc1-c1ccc(ONC(=O)[C@@H]2C[C@@H](O)CN2C(=O)[C@@H](NC(=O)CCCCCCCCCCNC(=O)OC(C)(C)C)C(C)(C)C)cc1. The summed E-state index contributed by atoms with van der Waals surface area (Å²) in [7, 11) is 0. The Morgan fingerprint density at radius 1 is 0.960 bits per heavy atom. The van der Waals surface area contributed by atoms with Crippen LogP contribution in [0.25, 0.3) is 10.4 Å². The molecule has 3 atom stereocenters. The zero-order valence-electron chi connectivity index (χ0n) is 30.8. The van der Waals surface area contributed by atoms with Crippen molar-refractivity contribution in [2.75, 3.05) is 13.1 Å². The molecule has 0 bridgehead atoms. The van der Waals surface area contributed by atoms with Crippen molar-refractivity contribution in [2.24, 2.45) is 5.41 Å². The molecule has 278 valence electrons. The summed E-state index contributed by atoms with van der Waals surface area (Å²) in [6.45, 7) is 13.7. The van der Waals surface area contributed by atoms with Gasteiger partial charge in [0.2, 0.25) is 11.8 Å². The van der Waals surface area contributed by atoms with Crippen molar-refractivity contribution in [1.29, 1.82) is 0 Å². The van der Waals surface area contributed by atoms with E-state index in [0.717, 1.165) is 61.1 Å². The van der Waals surface area contributed by atoms with E-state index in [9.17, 15) is 24.3 Å². The van der Waals surface area contributed by atoms with Crippen molar-refractivity contribution in [3.8, 4) is 16.2 Å². The minimum atomic E-state index is -0.945. The van der Waals surface area contributed by atoms with Crippen LogP contribution in [-0.4, -0.2) is 75.7 Å². The van der Waals surface area contributed by atoms with Gasteiger partial charge in [-0.05, 0) is 75.8 Å². The van der Waals surface area contributed by atoms with Crippen LogP contribution in [0.2, 0.25) is 0 Å². The second kappa shape index (κ2) is 19.1. The molecule has 1 saturated heterocycles. The number of carbonyl (C=O) groups excluding carboxylic acids is 4. The lowest BCUT2D eigenvalue weighted by Crippen LogP contribution is -2.58. The largest absolute Gasteiger partial charge is 0.444 e. The molecule has 0 aliphatic carbocycles. The van der Waals surface area contributed by atoms with E-state index in [1.165, 1.54) is 4.90 Å². The number of hydroxylamine groups is 1. The summed E-state index contributed by atoms with van der Waals surface area (Å²) >= 11 is 1.54. The molecule has 2 heterocycles. The smallest absolute Gasteiger partial charge is 0.407 e. The lowest BCUT2D eigenvalue weighted by atomic mass is 9.85. The van der Waals surface area contributed by atoms with E-state index in [-0.39, 0.29) is 25.0 Å². The highest BCUT2D eigenvalue weighted by molar-refractivity contribution is 7.13. The predicted molar refractivity (Wildman–Crippen MR) is 194 cm³/mol. The third-order valence-electron chi connectivity index (χ3n) is 8.41. The molecule has 0 radical (unpaired) electrons. The third kappa shape index (κ3) is 13.5. The van der Waals surface area contributed by atoms with E-state index in [0.29, 0.717) is 25.1 Å². The maximum atomic E-state index is 13.8. The number of thiazole rings is 1. The number of rotatable bonds is 17. The van der Waals surface area contributed by atoms with E-state index < -0.39 is 41.0 Å². The molecule has 4 amide bonds. The highest BCUT2D eigenvalue weighted by atomic mass is 32.1. The number of aliphatic hydroxyl groups excluding tert-OH is 1. The molecular formula is C37H57N5O7S. The van der Waals surface area contributed by atoms with Crippen LogP contribution in [0.1, 0.15) is 111 Å². The number of ether oxygens (including phenoxy) is 1. The third-order valence-corrected chi connectivity index (χ3v) is 9.39. The zero-order chi connectivity index (χ0) is 36.9. The maximum Gasteiger partial charge on any atom is 0.407 e. The number of nitrogens with one attached hydrogen (secondary N) is 3. The molecule has 4 N–H and O–H groups in total. The van der Waals surface area contributed by atoms with Gasteiger partial charge in [-0.1, -0.05) is 59.3 Å². The lowest BCUT2D eigenvalue weighted by Gasteiger charge is -2.35. The van der Waals surface area contributed by atoms with Gasteiger partial charge in [0.25, 0.3) is 5.91 Å². The minimum absolute atomic E-state index is 0.0114. The van der Waals surface area contributed by atoms with Crippen molar-refractivity contribution in [3.05, 3.63) is 35.5 Å². The summed E-state index contributed by atoms with van der Waals surface area (Å²) in [5, 5.41) is 16.2. The fourth-order valence-electron chi connectivity index (χ4n) is 5.76. The summed E-state index contributed by atoms with van der Waals surface area (Å²) in [5.41, 5.74) is 5.04. The number of hydrogen-bond acceptors (Lipinski definition) is 9. The Morgan fingerprint density at radius 2 is 1.58 bits per heavy atom. The summed E-state index contributed by atoms with van der Waals surface area (Å²) < 4.78 is 5.23. The molecule has 2 aromatic rings. The molecule has 1 aromatic heterocycles. The number of β-amino-alcohol motifs (C(OH)–C–C–N with tert-alkyl or cyclic N) is 1. The molecule has 13 heteroatoms. The quantitative estimate of drug-likeness (QED) is 0.114. The average Bonchev–Trinajstić information content (AvgIpc) is 3.65. The number of nitrogens with zero attached hydrogens (tertiary/aromatic N) is 2. The van der Waals surface area contributed by atoms with Crippen LogP contribution >= 0.6 is 11.3 Å². The van der Waals surface area contributed by atoms with E-state index >= 15 is 0 Å². The molecule has 12 nitrogen and oxygen atoms in total. The predicted octanol–water partition coefficient (Wildman–Crippen LogP) is 6.06. The van der Waals surface area contributed by atoms with E-state index in [1.54, 1.807) is 29.0 Å². The summed E-state index contributed by atoms with van der Waals surface area (Å²) in [6, 6.07) is 5.43. The van der Waals surface area contributed by atoms with Gasteiger partial charge < -0.3 is 30.2 Å². The van der Waals surface area contributed by atoms with Gasteiger partial charge in [0.05, 0.1) is 22.2 Å². The first-order valence-corrected chi connectivity index (χ1v) is 18.6. The second-order valence-corrected chi connectivity index (χ2v) is 16.0. The number of aromatic nitrogens is 1. The van der Waals surface area contributed by atoms with Crippen LogP contribution < -0.4 is 21.0 Å². The van der Waals surface area contributed by atoms with Crippen LogP contribution in [0.3, 0.4) is 0 Å². The first-order chi connectivity index (χ1) is 23.5. The molecule has 3 rings (SSSR count). The van der Waals surface area contributed by atoms with Crippen LogP contribution in [-0.2, 0) is 19.1 Å². The molecule has 0 unspecified atom stereocenters. The van der Waals surface area contributed by atoms with Gasteiger partial charge in [-0.3, -0.25) is 14.4 Å². The minimum Gasteiger partial charge on any atom is -0.444 e. The Morgan fingerprint density at radius 3 is 2.16 bits per heavy atom. The van der Waals surface area contributed by atoms with Gasteiger partial charge in [0.15, 0.2) is 5.75 Å². The van der Waals surface area contributed by atoms with E-state index in [1.807, 2.05) is 60.6 Å². The van der Waals surface area contributed by atoms with E-state index in [4.69, 9.17) is 9.57 Å². The first kappa shape index (κ1) is 40.7. The average molecular weight is 716 g/mol. The Bertz CT molecular complexity index is 1400. The highest BCUT2D eigenvalue weighted by Crippen LogP contribution is 2.29. The molecule has 1 aliphatic heterocycles. The number of benzene rings is 1. The maximum absolute atomic E-state index is 13.8. The number of hydrogen-bond donors (Lipinski definition) is 4. The highest BCUT2D eigenvalue weighted by Gasteiger charge is 2.44. The zero-order valence-corrected chi connectivity index (χ0v) is 31.6. The van der Waals surface area contributed by atoms with Crippen LogP contribution in [0.4, 0.5) is 4.79 Å². The van der Waals surface area contributed by atoms with Gasteiger partial charge in [0, 0.05) is 25.9 Å². The molecule has 0 spiro atoms. The van der Waals surface area contributed by atoms with Gasteiger partial charge in [-0.25, -0.2) is 9.78 Å². The summed E-state index contributed by atoms with van der Waals surface area (Å²) in [4.78, 5) is 63.9. The molecule has 1 aliphatic rings. The topological polar surface area (TPSA) is 159 Å². The number of amides is 4. The molecule has 1 aromatic carbocycles. The van der Waals surface area contributed by atoms with Crippen molar-refractivity contribution < 1.29 is 33.9 Å². The number of carbonyl (C=O) groups is 4. The standard InChI is InChI=1S/C37H57N5O7S/c1-25-31(50-24-39-25)26-17-19-28(20-18-26)49-41-33(45)29-22-27(43)23-42(29)34(46)32(36(2,3)4)40-30(44)16-14-12-10-8-9-11-13-15-21-38-35(47)48-37(5,6)7/h17-20,24,27,29,32,43H,8-16,21-23H2,1-7H3,(H,38,47)(H,40,44)(H,41,45)/t27-,29+,32-/m1/s1. The van der Waals surface area contributed by atoms with Gasteiger partial charge >= 0.3 is 6.09 Å². The molecule has 50 heavy (non-hydrogen) atoms. The van der Waals surface area contributed by atoms with Crippen molar-refractivity contribution >= 4 is 35.2 Å². The van der Waals surface area contributed by atoms with Crippen molar-refractivity contribution in [3.63, 3.8) is 0 Å². The normalized spacial score (nSPS) is 16.8. The van der Waals surface area contributed by atoms with Gasteiger partial charge in [-0.2, -0.15) is 5.48 Å². The Labute approximate surface area is 301 Å². The molecule has 1 fully saturated rings. The van der Waals surface area contributed by atoms with Gasteiger partial charge in [-0.15, -0.1) is 11.3 Å². The monoisotopic (exact) mass is 715 g/mol. The molecule has 0 saturated carbocycles. The first-order valence-electron chi connectivity index (χ1n) is 17.8. The number of likely N-dealkylation sites (tertiary alicyclic amines) is 1. The number of aliphatic hydroxyl groups is 1. The van der Waals surface area contributed by atoms with E-state index in [2.05, 4.69) is 21.1 Å². The summed E-state index contributed by atoms with van der Waals surface area (Å²) in [5.74, 6) is -0.746. The van der Waals surface area contributed by atoms with Crippen molar-refractivity contribution in [2.45, 2.75) is 136 Å². The van der Waals surface area contributed by atoms with Crippen LogP contribution in [0.15, 0.2) is 29.8 Å². The second-order valence-electron chi connectivity index (χ2n) is 15.1. The molecular weight excluding hydrogens is 659 g/mol. The fraction of sp³-hybridized carbons (Fsp3) is 0.649. The van der Waals surface area contributed by atoms with Gasteiger partial charge in [0.1, 0.15) is 17.7 Å².